The number of allylic oxidation sites excluding steroid dienone is 8. The smallest absolute Gasteiger partial charge is 1.00 e. The first-order chi connectivity index (χ1) is 11.1. The summed E-state index contributed by atoms with van der Waals surface area (Å²) in [6.07, 6.45) is 0.0939. The monoisotopic (exact) mass is 482 g/mol. The summed E-state index contributed by atoms with van der Waals surface area (Å²) in [5.41, 5.74) is 1.37. The standard InChI is InChI=1S/2C8H8F3.2ClH.Zr/c2*9-3-6-1-7(4-10)8(2-6)5-11;;;/h2*1,3-5H2;2*1H;/q;;;;+2/p-2. The van der Waals surface area contributed by atoms with Gasteiger partial charge in [0.2, 0.25) is 0 Å². The van der Waals surface area contributed by atoms with Crippen LogP contribution in [0.1, 0.15) is 12.8 Å². The molecule has 0 saturated heterocycles. The zero-order valence-corrected chi connectivity index (χ0v) is 17.2. The van der Waals surface area contributed by atoms with Gasteiger partial charge < -0.3 is 24.8 Å². The van der Waals surface area contributed by atoms with Crippen molar-refractivity contribution in [2.24, 2.45) is 0 Å². The Hall–Kier alpha value is 0.00312. The molecule has 0 aromatic rings. The molecule has 140 valence electrons. The van der Waals surface area contributed by atoms with E-state index in [9.17, 15) is 26.3 Å². The second-order valence-corrected chi connectivity index (χ2v) is 8.47. The maximum absolute atomic E-state index is 13.3. The van der Waals surface area contributed by atoms with Gasteiger partial charge in [0.15, 0.2) is 0 Å². The molecule has 0 radical (unpaired) electrons. The Morgan fingerprint density at radius 2 is 0.840 bits per heavy atom. The SMILES string of the molecule is FCC1=C(CF)[C]([Zr+2][C]2=C(CF)CC(CF)=C2CF)=C(CF)C1.[Cl-].[Cl-]. The summed E-state index contributed by atoms with van der Waals surface area (Å²) in [6.45, 7) is -5.20. The molecule has 2 aliphatic carbocycles. The van der Waals surface area contributed by atoms with Crippen molar-refractivity contribution in [1.82, 2.24) is 0 Å². The fourth-order valence-electron chi connectivity index (χ4n) is 2.94. The fraction of sp³-hybridized carbons (Fsp3) is 0.500. The van der Waals surface area contributed by atoms with Crippen LogP contribution in [0.5, 0.6) is 0 Å². The minimum Gasteiger partial charge on any atom is -1.00 e. The number of alkyl halides is 6. The molecule has 0 nitrogen and oxygen atoms in total. The molecule has 25 heavy (non-hydrogen) atoms. The first-order valence-corrected chi connectivity index (χ1v) is 9.60. The molecule has 0 saturated carbocycles. The predicted octanol–water partition coefficient (Wildman–Crippen LogP) is -1.20. The molecule has 0 spiro atoms. The minimum atomic E-state index is -1.94. The van der Waals surface area contributed by atoms with Gasteiger partial charge in [-0.3, -0.25) is 0 Å². The van der Waals surface area contributed by atoms with Gasteiger partial charge in [-0.2, -0.15) is 0 Å². The van der Waals surface area contributed by atoms with E-state index in [1.54, 1.807) is 0 Å². The van der Waals surface area contributed by atoms with Gasteiger partial charge in [-0.15, -0.1) is 0 Å². The third kappa shape index (κ3) is 5.04. The van der Waals surface area contributed by atoms with Gasteiger partial charge >= 0.3 is 142 Å². The Morgan fingerprint density at radius 1 is 0.520 bits per heavy atom. The summed E-state index contributed by atoms with van der Waals surface area (Å²) in [5.74, 6) is 0. The molecular weight excluding hydrogens is 468 g/mol. The summed E-state index contributed by atoms with van der Waals surface area (Å²) in [4.78, 5) is 0. The fourth-order valence-corrected chi connectivity index (χ4v) is 7.13. The number of hydrogen-bond donors (Lipinski definition) is 0. The van der Waals surface area contributed by atoms with Crippen LogP contribution in [0.3, 0.4) is 0 Å². The summed E-state index contributed by atoms with van der Waals surface area (Å²) >= 11 is -1.94. The van der Waals surface area contributed by atoms with E-state index >= 15 is 0 Å². The van der Waals surface area contributed by atoms with Crippen molar-refractivity contribution in [1.29, 1.82) is 0 Å². The molecule has 0 bridgehead atoms. The van der Waals surface area contributed by atoms with E-state index in [-0.39, 0.29) is 59.9 Å². The second-order valence-electron chi connectivity index (χ2n) is 5.40. The van der Waals surface area contributed by atoms with Gasteiger partial charge in [0, 0.05) is 0 Å². The maximum atomic E-state index is 13.3. The minimum absolute atomic E-state index is 0. The molecule has 0 N–H and O–H groups in total. The van der Waals surface area contributed by atoms with Gasteiger partial charge in [-0.05, 0) is 0 Å². The average Bonchev–Trinajstić information content (AvgIpc) is 3.11. The summed E-state index contributed by atoms with van der Waals surface area (Å²) in [6, 6.07) is 0. The molecule has 0 aliphatic heterocycles. The Bertz CT molecular complexity index is 558. The number of halogens is 8. The first-order valence-electron chi connectivity index (χ1n) is 7.14. The Balaban J connectivity index is 0.00000288. The van der Waals surface area contributed by atoms with E-state index in [0.29, 0.717) is 17.7 Å². The zero-order valence-electron chi connectivity index (χ0n) is 13.2. The molecule has 0 aromatic carbocycles. The van der Waals surface area contributed by atoms with Crippen LogP contribution in [0.2, 0.25) is 0 Å². The van der Waals surface area contributed by atoms with Crippen molar-refractivity contribution in [3.63, 3.8) is 0 Å². The molecule has 0 amide bonds. The van der Waals surface area contributed by atoms with Gasteiger partial charge in [0.1, 0.15) is 0 Å². The molecule has 9 heteroatoms. The van der Waals surface area contributed by atoms with Crippen LogP contribution >= 0.6 is 0 Å². The number of hydrogen-bond acceptors (Lipinski definition) is 0. The van der Waals surface area contributed by atoms with Crippen LogP contribution in [-0.4, -0.2) is 40.0 Å². The Labute approximate surface area is 166 Å². The molecule has 0 atom stereocenters. The van der Waals surface area contributed by atoms with Gasteiger partial charge in [-0.25, -0.2) is 0 Å². The predicted molar refractivity (Wildman–Crippen MR) is 73.2 cm³/mol. The summed E-state index contributed by atoms with van der Waals surface area (Å²) in [5, 5.41) is 0. The van der Waals surface area contributed by atoms with Gasteiger partial charge in [0.05, 0.1) is 0 Å². The van der Waals surface area contributed by atoms with E-state index in [2.05, 4.69) is 0 Å². The zero-order chi connectivity index (χ0) is 17.0. The van der Waals surface area contributed by atoms with Gasteiger partial charge in [0.25, 0.3) is 0 Å². The van der Waals surface area contributed by atoms with E-state index in [1.165, 1.54) is 0 Å². The molecule has 0 fully saturated rings. The van der Waals surface area contributed by atoms with Crippen LogP contribution in [0.15, 0.2) is 40.0 Å². The molecule has 0 heterocycles. The van der Waals surface area contributed by atoms with Crippen molar-refractivity contribution < 1.29 is 74.4 Å². The van der Waals surface area contributed by atoms with E-state index in [0.717, 1.165) is 0 Å². The molecular formula is C16H16Cl2F6Zr. The van der Waals surface area contributed by atoms with E-state index in [4.69, 9.17) is 0 Å². The topological polar surface area (TPSA) is 0 Å². The third-order valence-corrected chi connectivity index (χ3v) is 8.63. The van der Waals surface area contributed by atoms with Crippen LogP contribution in [0, 0.1) is 0 Å². The number of rotatable bonds is 8. The van der Waals surface area contributed by atoms with Crippen LogP contribution in [0.4, 0.5) is 26.3 Å². The maximum Gasteiger partial charge on any atom is -1.00 e. The van der Waals surface area contributed by atoms with Crippen molar-refractivity contribution >= 4 is 0 Å². The quantitative estimate of drug-likeness (QED) is 0.380. The summed E-state index contributed by atoms with van der Waals surface area (Å²) in [7, 11) is 0. The second kappa shape index (κ2) is 11.7. The van der Waals surface area contributed by atoms with Crippen molar-refractivity contribution in [2.75, 3.05) is 40.0 Å². The van der Waals surface area contributed by atoms with Crippen LogP contribution in [-0.2, 0) is 23.2 Å². The van der Waals surface area contributed by atoms with Crippen LogP contribution in [0.25, 0.3) is 0 Å². The van der Waals surface area contributed by atoms with E-state index < -0.39 is 63.3 Å². The molecule has 0 unspecified atom stereocenters. The normalized spacial score (nSPS) is 17.2. The van der Waals surface area contributed by atoms with Crippen molar-refractivity contribution in [3.8, 4) is 0 Å². The average molecular weight is 484 g/mol. The molecule has 0 aromatic heterocycles. The molecule has 2 rings (SSSR count). The van der Waals surface area contributed by atoms with E-state index in [1.807, 2.05) is 0 Å². The Kier molecular flexibility index (Phi) is 11.7. The Morgan fingerprint density at radius 3 is 1.08 bits per heavy atom. The van der Waals surface area contributed by atoms with Crippen molar-refractivity contribution in [3.05, 3.63) is 40.0 Å². The first kappa shape index (κ1) is 25.0. The third-order valence-electron chi connectivity index (χ3n) is 4.18. The van der Waals surface area contributed by atoms with Gasteiger partial charge in [-0.1, -0.05) is 0 Å². The van der Waals surface area contributed by atoms with Crippen LogP contribution < -0.4 is 24.8 Å². The largest absolute Gasteiger partial charge is 1.00 e. The molecule has 2 aliphatic rings. The summed E-state index contributed by atoms with van der Waals surface area (Å²) < 4.78 is 79.8. The van der Waals surface area contributed by atoms with Crippen molar-refractivity contribution in [2.45, 2.75) is 12.8 Å².